The van der Waals surface area contributed by atoms with Crippen molar-refractivity contribution in [2.45, 2.75) is 51.9 Å². The van der Waals surface area contributed by atoms with E-state index < -0.39 is 11.7 Å². The molecule has 1 aromatic rings. The summed E-state index contributed by atoms with van der Waals surface area (Å²) in [4.78, 5) is 11.8. The Morgan fingerprint density at radius 1 is 1.32 bits per heavy atom. The van der Waals surface area contributed by atoms with Crippen molar-refractivity contribution >= 4 is 6.09 Å². The van der Waals surface area contributed by atoms with Gasteiger partial charge in [-0.2, -0.15) is 0 Å². The molecule has 5 heteroatoms. The first kappa shape index (κ1) is 16.8. The van der Waals surface area contributed by atoms with Crippen LogP contribution in [0, 0.1) is 0 Å². The predicted octanol–water partition coefficient (Wildman–Crippen LogP) is 3.11. The average molecular weight is 306 g/mol. The molecule has 1 amide bonds. The highest BCUT2D eigenvalue weighted by atomic mass is 16.6. The van der Waals surface area contributed by atoms with E-state index in [1.54, 1.807) is 0 Å². The molecule has 1 aliphatic rings. The number of nitrogens with zero attached hydrogens (tertiary/aromatic N) is 1. The highest BCUT2D eigenvalue weighted by Gasteiger charge is 2.24. The lowest BCUT2D eigenvalue weighted by atomic mass is 10.1. The first-order valence-electron chi connectivity index (χ1n) is 7.82. The van der Waals surface area contributed by atoms with Gasteiger partial charge in [0.1, 0.15) is 5.60 Å². The zero-order valence-electron chi connectivity index (χ0n) is 13.7. The van der Waals surface area contributed by atoms with Crippen molar-refractivity contribution in [3.05, 3.63) is 35.9 Å². The van der Waals surface area contributed by atoms with Gasteiger partial charge in [-0.15, -0.1) is 0 Å². The molecule has 1 saturated heterocycles. The number of ether oxygens (including phenoxy) is 2. The molecule has 1 fully saturated rings. The maximum absolute atomic E-state index is 11.8. The molecule has 0 saturated carbocycles. The van der Waals surface area contributed by atoms with E-state index in [1.807, 2.05) is 44.0 Å². The summed E-state index contributed by atoms with van der Waals surface area (Å²) in [5, 5.41) is 1.88. The van der Waals surface area contributed by atoms with Gasteiger partial charge >= 0.3 is 6.09 Å². The van der Waals surface area contributed by atoms with Crippen LogP contribution in [0.1, 0.15) is 39.2 Å². The number of amides is 1. The summed E-state index contributed by atoms with van der Waals surface area (Å²) in [6, 6.07) is 10.1. The smallest absolute Gasteiger partial charge is 0.422 e. The fraction of sp³-hybridized carbons (Fsp3) is 0.588. The monoisotopic (exact) mass is 306 g/mol. The van der Waals surface area contributed by atoms with E-state index in [9.17, 15) is 4.79 Å². The van der Waals surface area contributed by atoms with Crippen LogP contribution in [0.25, 0.3) is 0 Å². The second kappa shape index (κ2) is 7.61. The topological polar surface area (TPSA) is 50.8 Å². The zero-order chi connectivity index (χ0) is 16.0. The SMILES string of the molecule is CC(C)(C)OC(=O)NN1CCC[C@@H](OCc2ccccc2)C1. The van der Waals surface area contributed by atoms with Crippen LogP contribution in [-0.2, 0) is 16.1 Å². The van der Waals surface area contributed by atoms with E-state index in [1.165, 1.54) is 5.56 Å². The van der Waals surface area contributed by atoms with Gasteiger partial charge < -0.3 is 9.47 Å². The minimum atomic E-state index is -0.483. The fourth-order valence-electron chi connectivity index (χ4n) is 2.39. The van der Waals surface area contributed by atoms with E-state index in [2.05, 4.69) is 17.6 Å². The van der Waals surface area contributed by atoms with Crippen molar-refractivity contribution in [2.75, 3.05) is 13.1 Å². The first-order chi connectivity index (χ1) is 10.4. The Hall–Kier alpha value is -1.59. The normalized spacial score (nSPS) is 19.7. The average Bonchev–Trinajstić information content (AvgIpc) is 2.44. The van der Waals surface area contributed by atoms with Gasteiger partial charge in [0.15, 0.2) is 0 Å². The van der Waals surface area contributed by atoms with Crippen molar-refractivity contribution in [3.63, 3.8) is 0 Å². The summed E-state index contributed by atoms with van der Waals surface area (Å²) in [6.07, 6.45) is 1.73. The molecule has 122 valence electrons. The second-order valence-electron chi connectivity index (χ2n) is 6.62. The third-order valence-corrected chi connectivity index (χ3v) is 3.35. The Balaban J connectivity index is 1.75. The van der Waals surface area contributed by atoms with Crippen LogP contribution in [0.4, 0.5) is 4.79 Å². The molecule has 22 heavy (non-hydrogen) atoms. The molecule has 0 radical (unpaired) electrons. The number of carbonyl (C=O) groups is 1. The maximum Gasteiger partial charge on any atom is 0.422 e. The minimum Gasteiger partial charge on any atom is -0.443 e. The van der Waals surface area contributed by atoms with Gasteiger partial charge in [-0.25, -0.2) is 9.80 Å². The van der Waals surface area contributed by atoms with E-state index in [-0.39, 0.29) is 6.10 Å². The van der Waals surface area contributed by atoms with Crippen molar-refractivity contribution in [1.29, 1.82) is 0 Å². The van der Waals surface area contributed by atoms with Crippen molar-refractivity contribution < 1.29 is 14.3 Å². The number of benzene rings is 1. The molecule has 1 atom stereocenters. The van der Waals surface area contributed by atoms with Crippen LogP contribution in [0.15, 0.2) is 30.3 Å². The molecule has 1 heterocycles. The van der Waals surface area contributed by atoms with Crippen molar-refractivity contribution in [3.8, 4) is 0 Å². The molecule has 0 spiro atoms. The quantitative estimate of drug-likeness (QED) is 0.928. The molecular weight excluding hydrogens is 280 g/mol. The number of nitrogens with one attached hydrogen (secondary N) is 1. The van der Waals surface area contributed by atoms with Crippen LogP contribution >= 0.6 is 0 Å². The maximum atomic E-state index is 11.8. The van der Waals surface area contributed by atoms with E-state index in [0.29, 0.717) is 13.2 Å². The van der Waals surface area contributed by atoms with E-state index in [0.717, 1.165) is 19.4 Å². The van der Waals surface area contributed by atoms with Crippen LogP contribution in [0.2, 0.25) is 0 Å². The number of carbonyl (C=O) groups excluding carboxylic acids is 1. The van der Waals surface area contributed by atoms with Gasteiger partial charge in [0.05, 0.1) is 12.7 Å². The molecule has 5 nitrogen and oxygen atoms in total. The Morgan fingerprint density at radius 3 is 2.73 bits per heavy atom. The Bertz CT molecular complexity index is 471. The lowest BCUT2D eigenvalue weighted by Crippen LogP contribution is -2.51. The number of rotatable bonds is 4. The summed E-state index contributed by atoms with van der Waals surface area (Å²) in [5.41, 5.74) is 3.48. The van der Waals surface area contributed by atoms with Crippen LogP contribution in [0.5, 0.6) is 0 Å². The largest absolute Gasteiger partial charge is 0.443 e. The molecule has 1 aromatic carbocycles. The third kappa shape index (κ3) is 6.03. The number of hydrazine groups is 1. The molecule has 1 N–H and O–H groups in total. The Morgan fingerprint density at radius 2 is 2.05 bits per heavy atom. The van der Waals surface area contributed by atoms with E-state index in [4.69, 9.17) is 9.47 Å². The van der Waals surface area contributed by atoms with Gasteiger partial charge in [-0.05, 0) is 39.2 Å². The molecule has 0 unspecified atom stereocenters. The number of hydrogen-bond acceptors (Lipinski definition) is 4. The number of piperidine rings is 1. The molecular formula is C17H26N2O3. The summed E-state index contributed by atoms with van der Waals surface area (Å²) in [5.74, 6) is 0. The molecule has 0 aromatic heterocycles. The van der Waals surface area contributed by atoms with Crippen molar-refractivity contribution in [1.82, 2.24) is 10.4 Å². The summed E-state index contributed by atoms with van der Waals surface area (Å²) in [7, 11) is 0. The molecule has 1 aliphatic heterocycles. The highest BCUT2D eigenvalue weighted by molar-refractivity contribution is 5.67. The Labute approximate surface area is 132 Å². The zero-order valence-corrected chi connectivity index (χ0v) is 13.7. The van der Waals surface area contributed by atoms with Crippen LogP contribution in [0.3, 0.4) is 0 Å². The van der Waals surface area contributed by atoms with E-state index >= 15 is 0 Å². The predicted molar refractivity (Wildman–Crippen MR) is 85.2 cm³/mol. The fourth-order valence-corrected chi connectivity index (χ4v) is 2.39. The van der Waals surface area contributed by atoms with Gasteiger partial charge in [0.2, 0.25) is 0 Å². The van der Waals surface area contributed by atoms with Crippen molar-refractivity contribution in [2.24, 2.45) is 0 Å². The number of hydrogen-bond donors (Lipinski definition) is 1. The summed E-state index contributed by atoms with van der Waals surface area (Å²) >= 11 is 0. The van der Waals surface area contributed by atoms with Crippen LogP contribution < -0.4 is 5.43 Å². The van der Waals surface area contributed by atoms with Gasteiger partial charge in [-0.3, -0.25) is 5.43 Å². The van der Waals surface area contributed by atoms with Crippen LogP contribution in [-0.4, -0.2) is 35.9 Å². The highest BCUT2D eigenvalue weighted by Crippen LogP contribution is 2.14. The minimum absolute atomic E-state index is 0.129. The molecule has 0 bridgehead atoms. The Kier molecular flexibility index (Phi) is 5.80. The third-order valence-electron chi connectivity index (χ3n) is 3.35. The molecule has 0 aliphatic carbocycles. The lowest BCUT2D eigenvalue weighted by Gasteiger charge is -2.33. The standard InChI is InChI=1S/C17H26N2O3/c1-17(2,3)22-16(20)18-19-11-7-10-15(12-19)21-13-14-8-5-4-6-9-14/h4-6,8-9,15H,7,10-13H2,1-3H3,(H,18,20)/t15-/m1/s1. The van der Waals surface area contributed by atoms with Gasteiger partial charge in [0, 0.05) is 13.1 Å². The first-order valence-corrected chi connectivity index (χ1v) is 7.82. The second-order valence-corrected chi connectivity index (χ2v) is 6.62. The lowest BCUT2D eigenvalue weighted by molar-refractivity contribution is -0.0299. The van der Waals surface area contributed by atoms with Gasteiger partial charge in [0.25, 0.3) is 0 Å². The summed E-state index contributed by atoms with van der Waals surface area (Å²) < 4.78 is 11.2. The summed E-state index contributed by atoms with van der Waals surface area (Å²) in [6.45, 7) is 7.68. The molecule has 2 rings (SSSR count). The van der Waals surface area contributed by atoms with Gasteiger partial charge in [-0.1, -0.05) is 30.3 Å².